The monoisotopic (exact) mass is 434 g/mol. The van der Waals surface area contributed by atoms with Gasteiger partial charge in [0.15, 0.2) is 9.96 Å². The first kappa shape index (κ1) is 20.7. The van der Waals surface area contributed by atoms with Gasteiger partial charge in [0, 0.05) is 4.88 Å². The zero-order chi connectivity index (χ0) is 21.0. The first-order valence-corrected chi connectivity index (χ1v) is 11.0. The van der Waals surface area contributed by atoms with Crippen LogP contribution in [0.2, 0.25) is 0 Å². The highest BCUT2D eigenvalue weighted by atomic mass is 32.3. The summed E-state index contributed by atoms with van der Waals surface area (Å²) >= 11 is 1.05. The van der Waals surface area contributed by atoms with E-state index in [1.807, 2.05) is 6.92 Å². The second-order valence-electron chi connectivity index (χ2n) is 5.78. The Labute approximate surface area is 171 Å². The lowest BCUT2D eigenvalue weighted by molar-refractivity contribution is 0.0515. The highest BCUT2D eigenvalue weighted by Crippen LogP contribution is 2.27. The number of carbonyl (C=O) groups is 1. The molecule has 0 unspecified atom stereocenters. The fraction of sp³-hybridized carbons (Fsp3) is 0.211. The first-order valence-electron chi connectivity index (χ1n) is 8.75. The molecular weight excluding hydrogens is 416 g/mol. The van der Waals surface area contributed by atoms with Gasteiger partial charge in [-0.2, -0.15) is 18.2 Å². The van der Waals surface area contributed by atoms with Crippen LogP contribution in [0.5, 0.6) is 5.75 Å². The molecule has 0 atom stereocenters. The van der Waals surface area contributed by atoms with Crippen molar-refractivity contribution in [2.75, 3.05) is 6.61 Å². The van der Waals surface area contributed by atoms with E-state index >= 15 is 0 Å². The van der Waals surface area contributed by atoms with E-state index in [1.165, 1.54) is 6.07 Å². The normalized spacial score (nSPS) is 11.2. The Kier molecular flexibility index (Phi) is 6.14. The number of nitrogens with zero attached hydrogens (tertiary/aromatic N) is 2. The van der Waals surface area contributed by atoms with Crippen molar-refractivity contribution in [2.45, 2.75) is 24.5 Å². The Bertz CT molecular complexity index is 1180. The molecule has 0 N–H and O–H groups in total. The van der Waals surface area contributed by atoms with Crippen LogP contribution in [0.15, 0.2) is 57.5 Å². The number of aromatic nitrogens is 2. The SMILES string of the molecule is CCOC(=O)c1nn(-c2ccccc2)c(=O)cc1OS(=O)(=O)c1ccc(CC)s1. The lowest BCUT2D eigenvalue weighted by atomic mass is 10.3. The highest BCUT2D eigenvalue weighted by molar-refractivity contribution is 7.89. The molecule has 2 heterocycles. The van der Waals surface area contributed by atoms with Gasteiger partial charge in [-0.05, 0) is 37.6 Å². The van der Waals surface area contributed by atoms with E-state index in [2.05, 4.69) is 5.10 Å². The molecule has 2 aromatic heterocycles. The smallest absolute Gasteiger partial charge is 0.362 e. The Morgan fingerprint density at radius 1 is 1.14 bits per heavy atom. The lowest BCUT2D eigenvalue weighted by Gasteiger charge is -2.12. The molecule has 3 aromatic rings. The number of esters is 1. The molecule has 0 spiro atoms. The topological polar surface area (TPSA) is 105 Å². The van der Waals surface area contributed by atoms with E-state index in [-0.39, 0.29) is 10.8 Å². The van der Waals surface area contributed by atoms with Crippen LogP contribution in [-0.4, -0.2) is 30.8 Å². The number of rotatable bonds is 7. The summed E-state index contributed by atoms with van der Waals surface area (Å²) in [6.45, 7) is 3.54. The number of hydrogen-bond acceptors (Lipinski definition) is 8. The molecule has 0 bridgehead atoms. The Hall–Kier alpha value is -2.98. The largest absolute Gasteiger partial charge is 0.461 e. The maximum atomic E-state index is 12.6. The Balaban J connectivity index is 2.08. The van der Waals surface area contributed by atoms with Gasteiger partial charge < -0.3 is 8.92 Å². The average Bonchev–Trinajstić information content (AvgIpc) is 3.19. The van der Waals surface area contributed by atoms with Crippen molar-refractivity contribution >= 4 is 27.4 Å². The predicted molar refractivity (Wildman–Crippen MR) is 107 cm³/mol. The molecule has 0 aliphatic heterocycles. The summed E-state index contributed by atoms with van der Waals surface area (Å²) in [5, 5.41) is 4.00. The molecule has 0 aliphatic rings. The van der Waals surface area contributed by atoms with E-state index in [4.69, 9.17) is 8.92 Å². The maximum absolute atomic E-state index is 12.6. The second kappa shape index (κ2) is 8.58. The summed E-state index contributed by atoms with van der Waals surface area (Å²) in [7, 11) is -4.25. The van der Waals surface area contributed by atoms with Crippen LogP contribution in [0.25, 0.3) is 5.69 Å². The summed E-state index contributed by atoms with van der Waals surface area (Å²) < 4.78 is 36.3. The van der Waals surface area contributed by atoms with Gasteiger partial charge in [-0.15, -0.1) is 11.3 Å². The van der Waals surface area contributed by atoms with Crippen molar-refractivity contribution in [3.63, 3.8) is 0 Å². The van der Waals surface area contributed by atoms with Crippen LogP contribution in [0, 0.1) is 0 Å². The minimum Gasteiger partial charge on any atom is -0.461 e. The molecule has 1 aromatic carbocycles. The van der Waals surface area contributed by atoms with Crippen LogP contribution in [0.3, 0.4) is 0 Å². The van der Waals surface area contributed by atoms with Gasteiger partial charge in [0.2, 0.25) is 5.69 Å². The van der Waals surface area contributed by atoms with E-state index in [9.17, 15) is 18.0 Å². The Morgan fingerprint density at radius 3 is 2.48 bits per heavy atom. The van der Waals surface area contributed by atoms with Gasteiger partial charge in [0.25, 0.3) is 5.56 Å². The molecular formula is C19H18N2O6S2. The fourth-order valence-electron chi connectivity index (χ4n) is 2.44. The average molecular weight is 434 g/mol. The molecule has 0 fully saturated rings. The van der Waals surface area contributed by atoms with Crippen molar-refractivity contribution < 1.29 is 22.1 Å². The molecule has 8 nitrogen and oxygen atoms in total. The summed E-state index contributed by atoms with van der Waals surface area (Å²) in [5.41, 5.74) is -0.663. The lowest BCUT2D eigenvalue weighted by Crippen LogP contribution is -2.26. The fourth-order valence-corrected chi connectivity index (χ4v) is 4.63. The molecule has 29 heavy (non-hydrogen) atoms. The van der Waals surface area contributed by atoms with Crippen LogP contribution in [-0.2, 0) is 21.3 Å². The third-order valence-electron chi connectivity index (χ3n) is 3.80. The molecule has 0 amide bonds. The number of benzene rings is 1. The summed E-state index contributed by atoms with van der Waals surface area (Å²) in [5.74, 6) is -1.38. The maximum Gasteiger partial charge on any atom is 0.362 e. The molecule has 10 heteroatoms. The van der Waals surface area contributed by atoms with E-state index in [0.29, 0.717) is 12.1 Å². The van der Waals surface area contributed by atoms with Crippen molar-refractivity contribution in [3.05, 3.63) is 69.5 Å². The van der Waals surface area contributed by atoms with Gasteiger partial charge in [-0.1, -0.05) is 25.1 Å². The molecule has 3 rings (SSSR count). The zero-order valence-corrected chi connectivity index (χ0v) is 17.3. The summed E-state index contributed by atoms with van der Waals surface area (Å²) in [6, 6.07) is 12.4. The molecule has 0 aliphatic carbocycles. The summed E-state index contributed by atoms with van der Waals surface area (Å²) in [4.78, 5) is 25.7. The van der Waals surface area contributed by atoms with Crippen LogP contribution < -0.4 is 9.74 Å². The van der Waals surface area contributed by atoms with Gasteiger partial charge in [0.05, 0.1) is 18.4 Å². The molecule has 0 radical (unpaired) electrons. The van der Waals surface area contributed by atoms with Gasteiger partial charge in [-0.25, -0.2) is 4.79 Å². The molecule has 0 saturated carbocycles. The third-order valence-corrected chi connectivity index (χ3v) is 6.71. The first-order chi connectivity index (χ1) is 13.9. The predicted octanol–water partition coefficient (Wildman–Crippen LogP) is 2.80. The highest BCUT2D eigenvalue weighted by Gasteiger charge is 2.26. The van der Waals surface area contributed by atoms with Crippen molar-refractivity contribution in [2.24, 2.45) is 0 Å². The van der Waals surface area contributed by atoms with Crippen molar-refractivity contribution in [1.29, 1.82) is 0 Å². The van der Waals surface area contributed by atoms with E-state index in [0.717, 1.165) is 27.0 Å². The third kappa shape index (κ3) is 4.54. The van der Waals surface area contributed by atoms with Crippen LogP contribution in [0.4, 0.5) is 0 Å². The van der Waals surface area contributed by atoms with E-state index in [1.54, 1.807) is 43.3 Å². The van der Waals surface area contributed by atoms with Crippen molar-refractivity contribution in [3.8, 4) is 11.4 Å². The van der Waals surface area contributed by atoms with Gasteiger partial charge in [-0.3, -0.25) is 4.79 Å². The van der Waals surface area contributed by atoms with Gasteiger partial charge >= 0.3 is 16.1 Å². The van der Waals surface area contributed by atoms with Crippen LogP contribution >= 0.6 is 11.3 Å². The second-order valence-corrected chi connectivity index (χ2v) is 8.72. The minimum atomic E-state index is -4.25. The van der Waals surface area contributed by atoms with Crippen molar-refractivity contribution in [1.82, 2.24) is 9.78 Å². The minimum absolute atomic E-state index is 0.0311. The number of ether oxygens (including phenoxy) is 1. The van der Waals surface area contributed by atoms with Crippen LogP contribution in [0.1, 0.15) is 29.2 Å². The number of para-hydroxylation sites is 1. The number of hydrogen-bond donors (Lipinski definition) is 0. The standard InChI is InChI=1S/C19H18N2O6S2/c1-3-14-10-11-17(28-14)29(24,25)27-15-12-16(22)21(13-8-6-5-7-9-13)20-18(15)19(23)26-4-2/h5-12H,3-4H2,1-2H3. The molecule has 0 saturated heterocycles. The number of carbonyl (C=O) groups excluding carboxylic acids is 1. The number of aryl methyl sites for hydroxylation is 1. The summed E-state index contributed by atoms with van der Waals surface area (Å²) in [6.07, 6.45) is 0.670. The quantitative estimate of drug-likeness (QED) is 0.416. The molecule has 152 valence electrons. The zero-order valence-electron chi connectivity index (χ0n) is 15.7. The number of thiophene rings is 1. The Morgan fingerprint density at radius 2 is 1.86 bits per heavy atom. The van der Waals surface area contributed by atoms with Gasteiger partial charge in [0.1, 0.15) is 0 Å². The van der Waals surface area contributed by atoms with E-state index < -0.39 is 33.1 Å².